The number of nitrogens with one attached hydrogen (secondary N) is 1. The van der Waals surface area contributed by atoms with Crippen molar-refractivity contribution in [3.63, 3.8) is 0 Å². The molecule has 3 heterocycles. The SMILES string of the molecule is Cc1ccc(C)c(CN2CCC(O)(c3ccc4oc(C(=O)NC[C@@H]5COCCO5)cc4c3)CC2)c1. The van der Waals surface area contributed by atoms with Crippen LogP contribution in [0.2, 0.25) is 0 Å². The Morgan fingerprint density at radius 1 is 1.11 bits per heavy atom. The van der Waals surface area contributed by atoms with Crippen molar-refractivity contribution < 1.29 is 23.8 Å². The van der Waals surface area contributed by atoms with Gasteiger partial charge in [0.2, 0.25) is 0 Å². The lowest BCUT2D eigenvalue weighted by Crippen LogP contribution is -2.42. The summed E-state index contributed by atoms with van der Waals surface area (Å²) in [5.74, 6) is -0.0282. The maximum absolute atomic E-state index is 12.6. The van der Waals surface area contributed by atoms with E-state index in [-0.39, 0.29) is 17.8 Å². The predicted octanol–water partition coefficient (Wildman–Crippen LogP) is 3.68. The van der Waals surface area contributed by atoms with Gasteiger partial charge in [-0.1, -0.05) is 29.8 Å². The molecule has 3 aromatic rings. The third-order valence-corrected chi connectivity index (χ3v) is 7.23. The fourth-order valence-corrected chi connectivity index (χ4v) is 4.97. The second-order valence-corrected chi connectivity index (χ2v) is 9.88. The van der Waals surface area contributed by atoms with E-state index in [4.69, 9.17) is 13.9 Å². The van der Waals surface area contributed by atoms with Crippen LogP contribution in [0.1, 0.15) is 45.7 Å². The van der Waals surface area contributed by atoms with Crippen molar-refractivity contribution in [2.45, 2.75) is 44.9 Å². The number of carbonyl (C=O) groups is 1. The zero-order chi connectivity index (χ0) is 24.4. The maximum Gasteiger partial charge on any atom is 0.287 e. The number of aliphatic hydroxyl groups is 1. The van der Waals surface area contributed by atoms with Gasteiger partial charge in [-0.3, -0.25) is 9.69 Å². The number of fused-ring (bicyclic) bond motifs is 1. The summed E-state index contributed by atoms with van der Waals surface area (Å²) in [4.78, 5) is 15.0. The van der Waals surface area contributed by atoms with E-state index in [2.05, 4.69) is 42.3 Å². The van der Waals surface area contributed by atoms with Crippen molar-refractivity contribution in [1.29, 1.82) is 0 Å². The lowest BCUT2D eigenvalue weighted by atomic mass is 9.84. The van der Waals surface area contributed by atoms with Gasteiger partial charge >= 0.3 is 0 Å². The molecule has 0 spiro atoms. The van der Waals surface area contributed by atoms with Crippen LogP contribution in [-0.2, 0) is 21.6 Å². The molecule has 2 aliphatic rings. The average molecular weight is 479 g/mol. The molecule has 2 aromatic carbocycles. The molecule has 0 radical (unpaired) electrons. The number of furan rings is 1. The first kappa shape index (κ1) is 24.0. The lowest BCUT2D eigenvalue weighted by Gasteiger charge is -2.38. The first-order chi connectivity index (χ1) is 16.9. The number of carbonyl (C=O) groups excluding carboxylic acids is 1. The molecule has 1 atom stereocenters. The molecule has 2 fully saturated rings. The average Bonchev–Trinajstić information content (AvgIpc) is 3.31. The van der Waals surface area contributed by atoms with E-state index in [1.54, 1.807) is 6.07 Å². The molecule has 0 unspecified atom stereocenters. The van der Waals surface area contributed by atoms with Gasteiger partial charge in [-0.15, -0.1) is 0 Å². The van der Waals surface area contributed by atoms with Crippen molar-refractivity contribution in [2.24, 2.45) is 0 Å². The molecule has 0 bridgehead atoms. The van der Waals surface area contributed by atoms with Crippen LogP contribution < -0.4 is 5.32 Å². The Labute approximate surface area is 206 Å². The van der Waals surface area contributed by atoms with Crippen molar-refractivity contribution in [3.05, 3.63) is 70.5 Å². The van der Waals surface area contributed by atoms with Gasteiger partial charge < -0.3 is 24.3 Å². The first-order valence-electron chi connectivity index (χ1n) is 12.4. The van der Waals surface area contributed by atoms with E-state index in [0.717, 1.165) is 30.6 Å². The molecule has 2 saturated heterocycles. The zero-order valence-electron chi connectivity index (χ0n) is 20.5. The van der Waals surface area contributed by atoms with Gasteiger partial charge in [-0.05, 0) is 61.6 Å². The summed E-state index contributed by atoms with van der Waals surface area (Å²) in [7, 11) is 0. The number of amides is 1. The number of hydrogen-bond acceptors (Lipinski definition) is 6. The van der Waals surface area contributed by atoms with E-state index < -0.39 is 5.60 Å². The third-order valence-electron chi connectivity index (χ3n) is 7.23. The fraction of sp³-hybridized carbons (Fsp3) is 0.464. The summed E-state index contributed by atoms with van der Waals surface area (Å²) in [6.07, 6.45) is 1.19. The summed E-state index contributed by atoms with van der Waals surface area (Å²) in [5.41, 5.74) is 4.55. The molecule has 1 aromatic heterocycles. The minimum Gasteiger partial charge on any atom is -0.451 e. The highest BCUT2D eigenvalue weighted by Gasteiger charge is 2.34. The van der Waals surface area contributed by atoms with E-state index in [0.29, 0.717) is 44.8 Å². The first-order valence-corrected chi connectivity index (χ1v) is 12.4. The Kier molecular flexibility index (Phi) is 6.93. The molecule has 35 heavy (non-hydrogen) atoms. The topological polar surface area (TPSA) is 84.2 Å². The summed E-state index contributed by atoms with van der Waals surface area (Å²) < 4.78 is 16.7. The van der Waals surface area contributed by atoms with Crippen molar-refractivity contribution in [2.75, 3.05) is 39.5 Å². The van der Waals surface area contributed by atoms with Gasteiger partial charge in [0.25, 0.3) is 5.91 Å². The monoisotopic (exact) mass is 478 g/mol. The Hall–Kier alpha value is -2.71. The number of rotatable bonds is 6. The van der Waals surface area contributed by atoms with Gasteiger partial charge in [0, 0.05) is 31.6 Å². The molecule has 0 saturated carbocycles. The Bertz CT molecular complexity index is 1190. The minimum absolute atomic E-state index is 0.140. The molecule has 2 N–H and O–H groups in total. The van der Waals surface area contributed by atoms with Crippen LogP contribution in [-0.4, -0.2) is 61.5 Å². The Balaban J connectivity index is 1.22. The van der Waals surface area contributed by atoms with E-state index in [1.165, 1.54) is 16.7 Å². The van der Waals surface area contributed by atoms with Crippen LogP contribution in [0.25, 0.3) is 11.0 Å². The van der Waals surface area contributed by atoms with Gasteiger partial charge in [0.05, 0.1) is 31.5 Å². The van der Waals surface area contributed by atoms with Gasteiger partial charge in [0.15, 0.2) is 5.76 Å². The number of hydrogen-bond donors (Lipinski definition) is 2. The van der Waals surface area contributed by atoms with E-state index in [9.17, 15) is 9.90 Å². The summed E-state index contributed by atoms with van der Waals surface area (Å²) in [6, 6.07) is 14.0. The molecule has 186 valence electrons. The Morgan fingerprint density at radius 2 is 1.94 bits per heavy atom. The standard InChI is InChI=1S/C28H34N2O5/c1-19-3-4-20(2)22(13-19)17-30-9-7-28(32,8-10-30)23-5-6-25-21(14-23)15-26(35-25)27(31)29-16-24-18-33-11-12-34-24/h3-6,13-15,24,32H,7-12,16-18H2,1-2H3,(H,29,31)/t24-/m1/s1. The molecule has 2 aliphatic heterocycles. The van der Waals surface area contributed by atoms with Crippen molar-refractivity contribution >= 4 is 16.9 Å². The van der Waals surface area contributed by atoms with Crippen molar-refractivity contribution in [1.82, 2.24) is 10.2 Å². The van der Waals surface area contributed by atoms with Crippen LogP contribution in [0.4, 0.5) is 0 Å². The number of aryl methyl sites for hydroxylation is 2. The predicted molar refractivity (Wildman–Crippen MR) is 133 cm³/mol. The molecule has 1 amide bonds. The second-order valence-electron chi connectivity index (χ2n) is 9.88. The molecule has 7 nitrogen and oxygen atoms in total. The van der Waals surface area contributed by atoms with Crippen LogP contribution in [0.15, 0.2) is 46.9 Å². The third kappa shape index (κ3) is 5.43. The van der Waals surface area contributed by atoms with Gasteiger partial charge in [0.1, 0.15) is 5.58 Å². The highest BCUT2D eigenvalue weighted by Crippen LogP contribution is 2.35. The van der Waals surface area contributed by atoms with Gasteiger partial charge in [-0.25, -0.2) is 0 Å². The lowest BCUT2D eigenvalue weighted by molar-refractivity contribution is -0.0856. The fourth-order valence-electron chi connectivity index (χ4n) is 4.97. The normalized spacial score (nSPS) is 20.7. The molecular formula is C28H34N2O5. The maximum atomic E-state index is 12.6. The molecule has 0 aliphatic carbocycles. The highest BCUT2D eigenvalue weighted by atomic mass is 16.6. The Morgan fingerprint density at radius 3 is 2.71 bits per heavy atom. The summed E-state index contributed by atoms with van der Waals surface area (Å²) in [5, 5.41) is 15.1. The number of benzene rings is 2. The number of nitrogens with zero attached hydrogens (tertiary/aromatic N) is 1. The highest BCUT2D eigenvalue weighted by molar-refractivity contribution is 5.96. The quantitative estimate of drug-likeness (QED) is 0.562. The minimum atomic E-state index is -0.885. The molecule has 7 heteroatoms. The zero-order valence-corrected chi connectivity index (χ0v) is 20.5. The largest absolute Gasteiger partial charge is 0.451 e. The van der Waals surface area contributed by atoms with Crippen LogP contribution >= 0.6 is 0 Å². The molecule has 5 rings (SSSR count). The number of ether oxygens (including phenoxy) is 2. The van der Waals surface area contributed by atoms with Crippen LogP contribution in [0, 0.1) is 13.8 Å². The van der Waals surface area contributed by atoms with Gasteiger partial charge in [-0.2, -0.15) is 0 Å². The number of piperidine rings is 1. The number of likely N-dealkylation sites (tertiary alicyclic amines) is 1. The van der Waals surface area contributed by atoms with E-state index >= 15 is 0 Å². The van der Waals surface area contributed by atoms with Crippen molar-refractivity contribution in [3.8, 4) is 0 Å². The second kappa shape index (κ2) is 10.1. The van der Waals surface area contributed by atoms with E-state index in [1.807, 2.05) is 18.2 Å². The summed E-state index contributed by atoms with van der Waals surface area (Å²) >= 11 is 0. The molecular weight excluding hydrogens is 444 g/mol. The van der Waals surface area contributed by atoms with Crippen LogP contribution in [0.5, 0.6) is 0 Å². The summed E-state index contributed by atoms with van der Waals surface area (Å²) in [6.45, 7) is 8.82. The smallest absolute Gasteiger partial charge is 0.287 e. The van der Waals surface area contributed by atoms with Crippen LogP contribution in [0.3, 0.4) is 0 Å².